The number of halogens is 2. The second kappa shape index (κ2) is 5.90. The Labute approximate surface area is 100 Å². The summed E-state index contributed by atoms with van der Waals surface area (Å²) in [4.78, 5) is 14.6. The average Bonchev–Trinajstić information content (AvgIpc) is 2.17. The molecule has 0 radical (unpaired) electrons. The Morgan fingerprint density at radius 2 is 2.27 bits per heavy atom. The van der Waals surface area contributed by atoms with Gasteiger partial charge in [-0.25, -0.2) is 0 Å². The molecule has 1 aromatic rings. The van der Waals surface area contributed by atoms with Gasteiger partial charge in [-0.3, -0.25) is 4.98 Å². The van der Waals surface area contributed by atoms with Gasteiger partial charge in [0, 0.05) is 12.2 Å². The highest BCUT2D eigenvalue weighted by atomic mass is 35.5. The number of aromatic nitrogens is 1. The third-order valence-electron chi connectivity index (χ3n) is 2.30. The predicted molar refractivity (Wildman–Crippen MR) is 63.9 cm³/mol. The van der Waals surface area contributed by atoms with Gasteiger partial charge in [-0.15, -0.1) is 24.8 Å². The summed E-state index contributed by atoms with van der Waals surface area (Å²) in [7, 11) is 0. The lowest BCUT2D eigenvalue weighted by Gasteiger charge is -2.28. The fourth-order valence-corrected chi connectivity index (χ4v) is 1.53. The minimum Gasteiger partial charge on any atom is -0.373 e. The minimum absolute atomic E-state index is 0. The van der Waals surface area contributed by atoms with E-state index in [1.54, 1.807) is 12.4 Å². The first-order chi connectivity index (χ1) is 6.31. The molecule has 2 atom stereocenters. The van der Waals surface area contributed by atoms with E-state index in [1.807, 2.05) is 6.07 Å². The smallest absolute Gasteiger partial charge is 0.143 e. The van der Waals surface area contributed by atoms with Gasteiger partial charge in [0.1, 0.15) is 6.29 Å². The molecule has 0 spiro atoms. The number of hydrogen-bond acceptors (Lipinski definition) is 4. The molecule has 0 aromatic carbocycles. The van der Waals surface area contributed by atoms with Crippen LogP contribution in [0.2, 0.25) is 0 Å². The van der Waals surface area contributed by atoms with Crippen LogP contribution in [0.3, 0.4) is 0 Å². The molecule has 0 amide bonds. The number of pyridine rings is 1. The summed E-state index contributed by atoms with van der Waals surface area (Å²) in [5, 5.41) is 3.04. The first kappa shape index (κ1) is 14.2. The minimum atomic E-state index is -0.281. The number of nitrogens with one attached hydrogen (secondary N) is 1. The van der Waals surface area contributed by atoms with Crippen LogP contribution in [-0.4, -0.2) is 23.4 Å². The highest BCUT2D eigenvalue weighted by molar-refractivity contribution is 5.85. The van der Waals surface area contributed by atoms with Crippen molar-refractivity contribution in [2.45, 2.75) is 18.5 Å². The van der Waals surface area contributed by atoms with E-state index in [0.717, 1.165) is 24.0 Å². The first-order valence-corrected chi connectivity index (χ1v) is 4.21. The lowest BCUT2D eigenvalue weighted by molar-refractivity contribution is -0.108. The van der Waals surface area contributed by atoms with E-state index >= 15 is 0 Å². The molecule has 0 bridgehead atoms. The van der Waals surface area contributed by atoms with Crippen molar-refractivity contribution in [1.82, 2.24) is 4.98 Å². The van der Waals surface area contributed by atoms with Crippen molar-refractivity contribution < 1.29 is 4.79 Å². The topological polar surface area (TPSA) is 68.0 Å². The quantitative estimate of drug-likeness (QED) is 0.723. The van der Waals surface area contributed by atoms with Gasteiger partial charge in [0.15, 0.2) is 0 Å². The van der Waals surface area contributed by atoms with E-state index in [9.17, 15) is 4.79 Å². The van der Waals surface area contributed by atoms with Gasteiger partial charge in [-0.05, 0) is 18.1 Å². The zero-order valence-corrected chi connectivity index (χ0v) is 9.55. The predicted octanol–water partition coefficient (Wildman–Crippen LogP) is 0.788. The van der Waals surface area contributed by atoms with Gasteiger partial charge in [0.2, 0.25) is 0 Å². The van der Waals surface area contributed by atoms with Gasteiger partial charge in [-0.1, -0.05) is 0 Å². The Hall–Kier alpha value is -0.840. The molecule has 6 heteroatoms. The van der Waals surface area contributed by atoms with E-state index in [1.165, 1.54) is 0 Å². The Kier molecular flexibility index (Phi) is 5.57. The van der Waals surface area contributed by atoms with E-state index in [2.05, 4.69) is 10.3 Å². The molecule has 84 valence electrons. The second-order valence-electron chi connectivity index (χ2n) is 3.21. The number of carbonyl (C=O) groups is 1. The van der Waals surface area contributed by atoms with Crippen LogP contribution in [0, 0.1) is 0 Å². The highest BCUT2D eigenvalue weighted by Gasteiger charge is 2.24. The maximum absolute atomic E-state index is 10.6. The van der Waals surface area contributed by atoms with Crippen LogP contribution >= 0.6 is 24.8 Å². The molecule has 0 aliphatic carbocycles. The molecule has 4 nitrogen and oxygen atoms in total. The maximum Gasteiger partial charge on any atom is 0.143 e. The molecule has 1 aliphatic rings. The Morgan fingerprint density at radius 1 is 1.53 bits per heavy atom. The van der Waals surface area contributed by atoms with E-state index < -0.39 is 0 Å². The summed E-state index contributed by atoms with van der Waals surface area (Å²) in [6.07, 6.45) is 5.03. The molecule has 1 aliphatic heterocycles. The average molecular weight is 250 g/mol. The van der Waals surface area contributed by atoms with Crippen LogP contribution < -0.4 is 11.1 Å². The summed E-state index contributed by atoms with van der Waals surface area (Å²) in [6, 6.07) is 1.51. The summed E-state index contributed by atoms with van der Waals surface area (Å²) in [5.74, 6) is 0. The lowest BCUT2D eigenvalue weighted by atomic mass is 9.96. The number of aldehydes is 1. The number of anilines is 1. The van der Waals surface area contributed by atoms with E-state index in [-0.39, 0.29) is 36.9 Å². The largest absolute Gasteiger partial charge is 0.373 e. The van der Waals surface area contributed by atoms with Crippen LogP contribution in [0.1, 0.15) is 5.56 Å². The molecule has 2 rings (SSSR count). The molecule has 1 aromatic heterocycles. The molecular weight excluding hydrogens is 237 g/mol. The molecule has 15 heavy (non-hydrogen) atoms. The van der Waals surface area contributed by atoms with Gasteiger partial charge in [0.25, 0.3) is 0 Å². The van der Waals surface area contributed by atoms with Gasteiger partial charge in [-0.2, -0.15) is 0 Å². The zero-order valence-electron chi connectivity index (χ0n) is 7.92. The van der Waals surface area contributed by atoms with E-state index in [4.69, 9.17) is 5.73 Å². The summed E-state index contributed by atoms with van der Waals surface area (Å²) in [6.45, 7) is 0. The van der Waals surface area contributed by atoms with Crippen LogP contribution in [0.25, 0.3) is 0 Å². The zero-order chi connectivity index (χ0) is 9.26. The third-order valence-corrected chi connectivity index (χ3v) is 2.30. The van der Waals surface area contributed by atoms with Gasteiger partial charge in [0.05, 0.1) is 17.9 Å². The second-order valence-corrected chi connectivity index (χ2v) is 3.21. The van der Waals surface area contributed by atoms with Crippen LogP contribution in [0.4, 0.5) is 5.69 Å². The Balaban J connectivity index is 0.000000980. The Bertz CT molecular complexity index is 335. The number of nitrogens with zero attached hydrogens (tertiary/aromatic N) is 1. The highest BCUT2D eigenvalue weighted by Crippen LogP contribution is 2.21. The lowest BCUT2D eigenvalue weighted by Crippen LogP contribution is -2.46. The van der Waals surface area contributed by atoms with Crippen molar-refractivity contribution in [1.29, 1.82) is 0 Å². The number of carbonyl (C=O) groups excluding carboxylic acids is 1. The monoisotopic (exact) mass is 249 g/mol. The molecular formula is C9H13Cl2N3O. The third kappa shape index (κ3) is 2.81. The number of hydrogen-bond donors (Lipinski definition) is 2. The SMILES string of the molecule is Cl.Cl.NC1Cc2ccncc2NC1C=O. The normalized spacial score (nSPS) is 22.5. The van der Waals surface area contributed by atoms with Crippen molar-refractivity contribution in [3.8, 4) is 0 Å². The van der Waals surface area contributed by atoms with E-state index in [0.29, 0.717) is 0 Å². The number of rotatable bonds is 1. The van der Waals surface area contributed by atoms with Crippen LogP contribution in [0.15, 0.2) is 18.5 Å². The van der Waals surface area contributed by atoms with Crippen molar-refractivity contribution >= 4 is 36.8 Å². The molecule has 2 heterocycles. The summed E-state index contributed by atoms with van der Waals surface area (Å²) < 4.78 is 0. The molecule has 2 unspecified atom stereocenters. The molecule has 0 saturated carbocycles. The van der Waals surface area contributed by atoms with Crippen molar-refractivity contribution in [3.63, 3.8) is 0 Å². The summed E-state index contributed by atoms with van der Waals surface area (Å²) in [5.41, 5.74) is 7.83. The fraction of sp³-hybridized carbons (Fsp3) is 0.333. The Morgan fingerprint density at radius 3 is 2.93 bits per heavy atom. The van der Waals surface area contributed by atoms with Crippen LogP contribution in [0.5, 0.6) is 0 Å². The van der Waals surface area contributed by atoms with Gasteiger partial charge >= 0.3 is 0 Å². The first-order valence-electron chi connectivity index (χ1n) is 4.21. The van der Waals surface area contributed by atoms with Crippen LogP contribution in [-0.2, 0) is 11.2 Å². The fourth-order valence-electron chi connectivity index (χ4n) is 1.53. The molecule has 3 N–H and O–H groups in total. The van der Waals surface area contributed by atoms with Gasteiger partial charge < -0.3 is 15.8 Å². The van der Waals surface area contributed by atoms with Crippen molar-refractivity contribution in [3.05, 3.63) is 24.0 Å². The molecule has 0 saturated heterocycles. The molecule has 0 fully saturated rings. The standard InChI is InChI=1S/C9H11N3O.2ClH/c10-7-3-6-1-2-11-4-8(6)12-9(7)5-13;;/h1-2,4-5,7,9,12H,3,10H2;2*1H. The summed E-state index contributed by atoms with van der Waals surface area (Å²) >= 11 is 0. The van der Waals surface area contributed by atoms with Crippen molar-refractivity contribution in [2.24, 2.45) is 5.73 Å². The number of fused-ring (bicyclic) bond motifs is 1. The maximum atomic E-state index is 10.6. The van der Waals surface area contributed by atoms with Crippen molar-refractivity contribution in [2.75, 3.05) is 5.32 Å². The number of nitrogens with two attached hydrogens (primary N) is 1.